The normalized spacial score (nSPS) is 19.6. The van der Waals surface area contributed by atoms with Gasteiger partial charge in [0.05, 0.1) is 19.3 Å². The first-order chi connectivity index (χ1) is 14.6. The summed E-state index contributed by atoms with van der Waals surface area (Å²) < 4.78 is 5.27. The van der Waals surface area contributed by atoms with E-state index in [-0.39, 0.29) is 24.4 Å². The zero-order chi connectivity index (χ0) is 20.9. The number of hydrogen-bond acceptors (Lipinski definition) is 5. The van der Waals surface area contributed by atoms with E-state index >= 15 is 0 Å². The van der Waals surface area contributed by atoms with Crippen LogP contribution in [0.4, 0.5) is 0 Å². The van der Waals surface area contributed by atoms with Crippen LogP contribution in [0.2, 0.25) is 0 Å². The van der Waals surface area contributed by atoms with Gasteiger partial charge >= 0.3 is 0 Å². The van der Waals surface area contributed by atoms with Gasteiger partial charge in [0.25, 0.3) is 11.8 Å². The molecule has 0 aliphatic carbocycles. The molecule has 2 atom stereocenters. The molecule has 30 heavy (non-hydrogen) atoms. The van der Waals surface area contributed by atoms with Gasteiger partial charge in [0.2, 0.25) is 0 Å². The molecule has 0 spiro atoms. The summed E-state index contributed by atoms with van der Waals surface area (Å²) in [5.74, 6) is -0.319. The van der Waals surface area contributed by atoms with E-state index in [9.17, 15) is 14.7 Å². The van der Waals surface area contributed by atoms with Gasteiger partial charge in [-0.05, 0) is 41.8 Å². The van der Waals surface area contributed by atoms with Crippen LogP contribution >= 0.6 is 0 Å². The maximum absolute atomic E-state index is 12.5. The third kappa shape index (κ3) is 4.70. The monoisotopic (exact) mass is 409 g/mol. The molecular weight excluding hydrogens is 382 g/mol. The average molecular weight is 409 g/mol. The van der Waals surface area contributed by atoms with Crippen LogP contribution < -0.4 is 10.6 Å². The molecule has 2 aliphatic rings. The molecule has 4 rings (SSSR count). The predicted octanol–water partition coefficient (Wildman–Crippen LogP) is 0.964. The summed E-state index contributed by atoms with van der Waals surface area (Å²) in [4.78, 5) is 26.7. The predicted molar refractivity (Wildman–Crippen MR) is 112 cm³/mol. The van der Waals surface area contributed by atoms with Gasteiger partial charge in [0.15, 0.2) is 0 Å². The molecule has 0 saturated carbocycles. The van der Waals surface area contributed by atoms with Gasteiger partial charge < -0.3 is 25.4 Å². The van der Waals surface area contributed by atoms with Gasteiger partial charge in [-0.3, -0.25) is 9.59 Å². The largest absolute Gasteiger partial charge is 0.390 e. The van der Waals surface area contributed by atoms with Crippen molar-refractivity contribution in [2.45, 2.75) is 25.1 Å². The van der Waals surface area contributed by atoms with Gasteiger partial charge in [-0.15, -0.1) is 0 Å². The fraction of sp³-hybridized carbons (Fsp3) is 0.391. The van der Waals surface area contributed by atoms with Crippen LogP contribution in [0, 0.1) is 0 Å². The summed E-state index contributed by atoms with van der Waals surface area (Å²) in [5, 5.41) is 16.6. The van der Waals surface area contributed by atoms with E-state index in [1.807, 2.05) is 12.1 Å². The Balaban J connectivity index is 1.29. The highest BCUT2D eigenvalue weighted by molar-refractivity contribution is 5.97. The number of fused-ring (bicyclic) bond motifs is 1. The number of nitrogens with one attached hydrogen (secondary N) is 2. The third-order valence-electron chi connectivity index (χ3n) is 5.74. The first-order valence-electron chi connectivity index (χ1n) is 10.4. The molecule has 7 heteroatoms. The van der Waals surface area contributed by atoms with E-state index in [0.717, 1.165) is 6.42 Å². The average Bonchev–Trinajstić information content (AvgIpc) is 2.82. The van der Waals surface area contributed by atoms with Crippen LogP contribution in [0.1, 0.15) is 31.8 Å². The molecule has 158 valence electrons. The molecule has 1 fully saturated rings. The SMILES string of the molecule is O=C(NC[C@@H](O)[C@@H]1Cc2ccccc2CN1)c1ccc(C(=O)N2CCOCC2)cc1. The Morgan fingerprint density at radius 3 is 2.47 bits per heavy atom. The first kappa shape index (κ1) is 20.5. The van der Waals surface area contributed by atoms with Crippen LogP contribution in [0.5, 0.6) is 0 Å². The number of ether oxygens (including phenoxy) is 1. The highest BCUT2D eigenvalue weighted by atomic mass is 16.5. The quantitative estimate of drug-likeness (QED) is 0.685. The van der Waals surface area contributed by atoms with E-state index < -0.39 is 6.10 Å². The van der Waals surface area contributed by atoms with Crippen molar-refractivity contribution in [1.29, 1.82) is 0 Å². The number of aliphatic hydroxyl groups is 1. The highest BCUT2D eigenvalue weighted by Crippen LogP contribution is 2.18. The van der Waals surface area contributed by atoms with Gasteiger partial charge in [0, 0.05) is 43.3 Å². The molecule has 0 bridgehead atoms. The number of amides is 2. The molecule has 7 nitrogen and oxygen atoms in total. The molecule has 2 aromatic rings. The van der Waals surface area contributed by atoms with E-state index in [1.54, 1.807) is 29.2 Å². The van der Waals surface area contributed by atoms with Crippen LogP contribution in [0.3, 0.4) is 0 Å². The molecule has 0 radical (unpaired) electrons. The molecule has 1 saturated heterocycles. The number of rotatable bonds is 5. The fourth-order valence-corrected chi connectivity index (χ4v) is 3.91. The number of carbonyl (C=O) groups excluding carboxylic acids is 2. The Labute approximate surface area is 176 Å². The summed E-state index contributed by atoms with van der Waals surface area (Å²) in [5.41, 5.74) is 3.49. The first-order valence-corrected chi connectivity index (χ1v) is 10.4. The van der Waals surface area contributed by atoms with Crippen LogP contribution in [-0.2, 0) is 17.7 Å². The molecule has 0 unspecified atom stereocenters. The van der Waals surface area contributed by atoms with Crippen LogP contribution in [0.15, 0.2) is 48.5 Å². The lowest BCUT2D eigenvalue weighted by Crippen LogP contribution is -2.49. The zero-order valence-electron chi connectivity index (χ0n) is 16.8. The maximum Gasteiger partial charge on any atom is 0.254 e. The minimum absolute atomic E-state index is 0.0515. The lowest BCUT2D eigenvalue weighted by Gasteiger charge is -2.30. The Bertz CT molecular complexity index is 894. The number of carbonyl (C=O) groups is 2. The molecule has 0 aromatic heterocycles. The number of hydrogen-bond donors (Lipinski definition) is 3. The Hall–Kier alpha value is -2.74. The van der Waals surface area contributed by atoms with Gasteiger partial charge in [-0.1, -0.05) is 24.3 Å². The molecule has 2 amide bonds. The summed E-state index contributed by atoms with van der Waals surface area (Å²) in [6.45, 7) is 3.14. The number of benzene rings is 2. The Morgan fingerprint density at radius 1 is 1.07 bits per heavy atom. The van der Waals surface area contributed by atoms with Crippen molar-refractivity contribution in [2.75, 3.05) is 32.8 Å². The van der Waals surface area contributed by atoms with E-state index in [0.29, 0.717) is 44.0 Å². The molecule has 2 aliphatic heterocycles. The lowest BCUT2D eigenvalue weighted by molar-refractivity contribution is 0.0303. The zero-order valence-corrected chi connectivity index (χ0v) is 16.8. The summed E-state index contributed by atoms with van der Waals surface area (Å²) in [6, 6.07) is 14.7. The third-order valence-corrected chi connectivity index (χ3v) is 5.74. The van der Waals surface area contributed by atoms with Crippen molar-refractivity contribution < 1.29 is 19.4 Å². The van der Waals surface area contributed by atoms with Crippen molar-refractivity contribution in [3.63, 3.8) is 0 Å². The minimum Gasteiger partial charge on any atom is -0.390 e. The van der Waals surface area contributed by atoms with Crippen molar-refractivity contribution in [3.8, 4) is 0 Å². The molecule has 2 heterocycles. The lowest BCUT2D eigenvalue weighted by atomic mass is 9.93. The highest BCUT2D eigenvalue weighted by Gasteiger charge is 2.25. The van der Waals surface area contributed by atoms with Gasteiger partial charge in [0.1, 0.15) is 0 Å². The van der Waals surface area contributed by atoms with Gasteiger partial charge in [-0.2, -0.15) is 0 Å². The maximum atomic E-state index is 12.5. The fourth-order valence-electron chi connectivity index (χ4n) is 3.91. The second-order valence-electron chi connectivity index (χ2n) is 7.72. The smallest absolute Gasteiger partial charge is 0.254 e. The second kappa shape index (κ2) is 9.38. The number of aliphatic hydroxyl groups excluding tert-OH is 1. The van der Waals surface area contributed by atoms with Gasteiger partial charge in [-0.25, -0.2) is 0 Å². The standard InChI is InChI=1S/C23H27N3O4/c27-21(20-13-18-3-1-2-4-19(18)14-24-20)15-25-22(28)16-5-7-17(8-6-16)23(29)26-9-11-30-12-10-26/h1-8,20-21,24,27H,9-15H2,(H,25,28)/t20-,21+/m0/s1. The second-order valence-corrected chi connectivity index (χ2v) is 7.72. The molecule has 3 N–H and O–H groups in total. The van der Waals surface area contributed by atoms with E-state index in [4.69, 9.17) is 4.74 Å². The Morgan fingerprint density at radius 2 is 1.73 bits per heavy atom. The topological polar surface area (TPSA) is 90.9 Å². The minimum atomic E-state index is -0.690. The molecular formula is C23H27N3O4. The van der Waals surface area contributed by atoms with Crippen molar-refractivity contribution >= 4 is 11.8 Å². The summed E-state index contributed by atoms with van der Waals surface area (Å²) in [7, 11) is 0. The van der Waals surface area contributed by atoms with E-state index in [1.165, 1.54) is 11.1 Å². The molecule has 2 aromatic carbocycles. The Kier molecular flexibility index (Phi) is 6.42. The summed E-state index contributed by atoms with van der Waals surface area (Å²) in [6.07, 6.45) is 0.0374. The summed E-state index contributed by atoms with van der Waals surface area (Å²) >= 11 is 0. The van der Waals surface area contributed by atoms with E-state index in [2.05, 4.69) is 22.8 Å². The van der Waals surface area contributed by atoms with Crippen LogP contribution in [0.25, 0.3) is 0 Å². The van der Waals surface area contributed by atoms with Crippen molar-refractivity contribution in [2.24, 2.45) is 0 Å². The van der Waals surface area contributed by atoms with Crippen molar-refractivity contribution in [1.82, 2.24) is 15.5 Å². The number of nitrogens with zero attached hydrogens (tertiary/aromatic N) is 1. The van der Waals surface area contributed by atoms with Crippen LogP contribution in [-0.4, -0.2) is 66.8 Å². The number of morpholine rings is 1. The van der Waals surface area contributed by atoms with Crippen molar-refractivity contribution in [3.05, 3.63) is 70.8 Å².